The van der Waals surface area contributed by atoms with Gasteiger partial charge in [-0.3, -0.25) is 14.5 Å². The molecule has 4 rings (SSSR count). The number of halogens is 1. The lowest BCUT2D eigenvalue weighted by Crippen LogP contribution is -2.28. The summed E-state index contributed by atoms with van der Waals surface area (Å²) in [5.74, 6) is 0.792. The van der Waals surface area contributed by atoms with Gasteiger partial charge in [0.25, 0.3) is 5.91 Å². The van der Waals surface area contributed by atoms with E-state index in [1.165, 1.54) is 5.56 Å². The van der Waals surface area contributed by atoms with Crippen LogP contribution in [0.3, 0.4) is 0 Å². The van der Waals surface area contributed by atoms with Gasteiger partial charge in [-0.05, 0) is 65.1 Å². The zero-order chi connectivity index (χ0) is 24.3. The minimum absolute atomic E-state index is 0.0471. The summed E-state index contributed by atoms with van der Waals surface area (Å²) < 4.78 is 5.52. The van der Waals surface area contributed by atoms with Gasteiger partial charge < -0.3 is 10.1 Å². The van der Waals surface area contributed by atoms with Gasteiger partial charge in [0.2, 0.25) is 5.91 Å². The van der Waals surface area contributed by atoms with Gasteiger partial charge >= 0.3 is 0 Å². The SMILES string of the molecule is CC(C)(C)c1ccc(N2C(=O)CS[C@@H]2c2cccc(NC(=O)COc3ccc(Cl)cc3)c2)cc1. The minimum atomic E-state index is -0.267. The maximum absolute atomic E-state index is 12.8. The third-order valence-corrected chi connectivity index (χ3v) is 6.98. The molecular formula is C27H27ClN2O3S. The van der Waals surface area contributed by atoms with E-state index in [1.54, 1.807) is 36.0 Å². The van der Waals surface area contributed by atoms with Crippen LogP contribution in [0.25, 0.3) is 0 Å². The van der Waals surface area contributed by atoms with Crippen molar-refractivity contribution in [2.75, 3.05) is 22.6 Å². The normalized spacial score (nSPS) is 15.9. The topological polar surface area (TPSA) is 58.6 Å². The lowest BCUT2D eigenvalue weighted by molar-refractivity contribution is -0.118. The van der Waals surface area contributed by atoms with Gasteiger partial charge in [0, 0.05) is 16.4 Å². The summed E-state index contributed by atoms with van der Waals surface area (Å²) in [4.78, 5) is 27.0. The molecule has 3 aromatic rings. The van der Waals surface area contributed by atoms with Crippen molar-refractivity contribution in [3.05, 3.63) is 88.9 Å². The maximum Gasteiger partial charge on any atom is 0.262 e. The van der Waals surface area contributed by atoms with Gasteiger partial charge in [-0.25, -0.2) is 0 Å². The Kier molecular flexibility index (Phi) is 7.19. The van der Waals surface area contributed by atoms with Crippen molar-refractivity contribution in [3.63, 3.8) is 0 Å². The fourth-order valence-corrected chi connectivity index (χ4v) is 5.01. The molecule has 1 N–H and O–H groups in total. The molecule has 34 heavy (non-hydrogen) atoms. The Morgan fingerprint density at radius 1 is 1.09 bits per heavy atom. The number of anilines is 2. The average Bonchev–Trinajstić information content (AvgIpc) is 3.20. The Hall–Kier alpha value is -2.96. The van der Waals surface area contributed by atoms with Gasteiger partial charge in [0.15, 0.2) is 6.61 Å². The molecule has 0 radical (unpaired) electrons. The fourth-order valence-electron chi connectivity index (χ4n) is 3.72. The van der Waals surface area contributed by atoms with E-state index in [2.05, 4.69) is 38.2 Å². The monoisotopic (exact) mass is 494 g/mol. The molecule has 1 aliphatic heterocycles. The molecule has 1 heterocycles. The number of carbonyl (C=O) groups is 2. The van der Waals surface area contributed by atoms with E-state index in [0.717, 1.165) is 11.3 Å². The van der Waals surface area contributed by atoms with E-state index in [-0.39, 0.29) is 29.2 Å². The van der Waals surface area contributed by atoms with Crippen LogP contribution in [0.4, 0.5) is 11.4 Å². The smallest absolute Gasteiger partial charge is 0.262 e. The van der Waals surface area contributed by atoms with Crippen molar-refractivity contribution in [1.82, 2.24) is 0 Å². The Balaban J connectivity index is 1.45. The summed E-state index contributed by atoms with van der Waals surface area (Å²) in [5.41, 5.74) is 3.75. The summed E-state index contributed by atoms with van der Waals surface area (Å²) in [6.07, 6.45) is 0. The van der Waals surface area contributed by atoms with E-state index in [4.69, 9.17) is 16.3 Å². The molecule has 0 unspecified atom stereocenters. The molecule has 0 aromatic heterocycles. The number of thioether (sulfide) groups is 1. The molecule has 176 valence electrons. The number of carbonyl (C=O) groups excluding carboxylic acids is 2. The van der Waals surface area contributed by atoms with Crippen LogP contribution in [-0.2, 0) is 15.0 Å². The van der Waals surface area contributed by atoms with Crippen LogP contribution >= 0.6 is 23.4 Å². The second-order valence-electron chi connectivity index (χ2n) is 9.14. The van der Waals surface area contributed by atoms with E-state index in [1.807, 2.05) is 41.3 Å². The van der Waals surface area contributed by atoms with Gasteiger partial charge in [0.1, 0.15) is 11.1 Å². The molecule has 0 bridgehead atoms. The molecule has 5 nitrogen and oxygen atoms in total. The number of hydrogen-bond donors (Lipinski definition) is 1. The quantitative estimate of drug-likeness (QED) is 0.428. The lowest BCUT2D eigenvalue weighted by Gasteiger charge is -2.26. The van der Waals surface area contributed by atoms with Crippen LogP contribution in [0.5, 0.6) is 5.75 Å². The second-order valence-corrected chi connectivity index (χ2v) is 10.6. The highest BCUT2D eigenvalue weighted by Crippen LogP contribution is 2.42. The van der Waals surface area contributed by atoms with Crippen LogP contribution < -0.4 is 15.0 Å². The molecule has 0 saturated carbocycles. The molecule has 1 fully saturated rings. The van der Waals surface area contributed by atoms with Gasteiger partial charge in [0.05, 0.1) is 5.75 Å². The highest BCUT2D eigenvalue weighted by atomic mass is 35.5. The predicted molar refractivity (Wildman–Crippen MR) is 140 cm³/mol. The first-order valence-corrected chi connectivity index (χ1v) is 12.5. The van der Waals surface area contributed by atoms with E-state index < -0.39 is 0 Å². The molecule has 2 amide bonds. The number of benzene rings is 3. The number of nitrogens with zero attached hydrogens (tertiary/aromatic N) is 1. The second kappa shape index (κ2) is 10.1. The van der Waals surface area contributed by atoms with Crippen molar-refractivity contribution in [3.8, 4) is 5.75 Å². The molecule has 1 saturated heterocycles. The Morgan fingerprint density at radius 2 is 1.79 bits per heavy atom. The van der Waals surface area contributed by atoms with Crippen LogP contribution in [0.2, 0.25) is 5.02 Å². The number of ether oxygens (including phenoxy) is 1. The zero-order valence-corrected chi connectivity index (χ0v) is 21.0. The molecule has 7 heteroatoms. The predicted octanol–water partition coefficient (Wildman–Crippen LogP) is 6.43. The molecule has 0 aliphatic carbocycles. The molecular weight excluding hydrogens is 468 g/mol. The van der Waals surface area contributed by atoms with Crippen LogP contribution in [-0.4, -0.2) is 24.2 Å². The van der Waals surface area contributed by atoms with Crippen molar-refractivity contribution >= 4 is 46.6 Å². The zero-order valence-electron chi connectivity index (χ0n) is 19.4. The molecule has 0 spiro atoms. The number of amides is 2. The largest absolute Gasteiger partial charge is 0.484 e. The van der Waals surface area contributed by atoms with Crippen molar-refractivity contribution in [1.29, 1.82) is 0 Å². The summed E-state index contributed by atoms with van der Waals surface area (Å²) in [6.45, 7) is 6.39. The third kappa shape index (κ3) is 5.75. The van der Waals surface area contributed by atoms with Crippen LogP contribution in [0, 0.1) is 0 Å². The summed E-state index contributed by atoms with van der Waals surface area (Å²) in [5, 5.41) is 3.32. The van der Waals surface area contributed by atoms with Crippen LogP contribution in [0.1, 0.15) is 37.3 Å². The molecule has 1 atom stereocenters. The summed E-state index contributed by atoms with van der Waals surface area (Å²) >= 11 is 7.45. The van der Waals surface area contributed by atoms with E-state index in [9.17, 15) is 9.59 Å². The summed E-state index contributed by atoms with van der Waals surface area (Å²) in [6, 6.07) is 22.6. The number of rotatable bonds is 6. The lowest BCUT2D eigenvalue weighted by atomic mass is 9.87. The van der Waals surface area contributed by atoms with Crippen LogP contribution in [0.15, 0.2) is 72.8 Å². The van der Waals surface area contributed by atoms with E-state index in [0.29, 0.717) is 22.2 Å². The van der Waals surface area contributed by atoms with Gasteiger partial charge in [-0.15, -0.1) is 11.8 Å². The maximum atomic E-state index is 12.8. The fraction of sp³-hybridized carbons (Fsp3) is 0.259. The first kappa shape index (κ1) is 24.2. The number of hydrogen-bond acceptors (Lipinski definition) is 4. The highest BCUT2D eigenvalue weighted by molar-refractivity contribution is 8.00. The minimum Gasteiger partial charge on any atom is -0.484 e. The first-order chi connectivity index (χ1) is 16.2. The summed E-state index contributed by atoms with van der Waals surface area (Å²) in [7, 11) is 0. The first-order valence-electron chi connectivity index (χ1n) is 11.0. The number of nitrogens with one attached hydrogen (secondary N) is 1. The standard InChI is InChI=1S/C27H27ClN2O3S/c1-27(2,3)19-7-11-22(12-8-19)30-25(32)17-34-26(30)18-5-4-6-21(15-18)29-24(31)16-33-23-13-9-20(28)10-14-23/h4-15,26H,16-17H2,1-3H3,(H,29,31)/t26-/m1/s1. The van der Waals surface area contributed by atoms with E-state index >= 15 is 0 Å². The molecule has 1 aliphatic rings. The highest BCUT2D eigenvalue weighted by Gasteiger charge is 2.34. The molecule has 3 aromatic carbocycles. The van der Waals surface area contributed by atoms with Crippen molar-refractivity contribution in [2.24, 2.45) is 0 Å². The Labute approximate surface area is 209 Å². The Bertz CT molecular complexity index is 1170. The van der Waals surface area contributed by atoms with Crippen molar-refractivity contribution in [2.45, 2.75) is 31.6 Å². The van der Waals surface area contributed by atoms with Crippen molar-refractivity contribution < 1.29 is 14.3 Å². The van der Waals surface area contributed by atoms with Gasteiger partial charge in [-0.2, -0.15) is 0 Å². The Morgan fingerprint density at radius 3 is 2.47 bits per heavy atom. The average molecular weight is 495 g/mol. The van der Waals surface area contributed by atoms with Gasteiger partial charge in [-0.1, -0.05) is 56.6 Å². The third-order valence-electron chi connectivity index (χ3n) is 5.52.